The van der Waals surface area contributed by atoms with Gasteiger partial charge in [0.1, 0.15) is 0 Å². The summed E-state index contributed by atoms with van der Waals surface area (Å²) in [4.78, 5) is 7.74. The smallest absolute Gasteiger partial charge is 0.252 e. The fourth-order valence-electron chi connectivity index (χ4n) is 1.24. The average molecular weight is 309 g/mol. The second-order valence-electron chi connectivity index (χ2n) is 3.39. The monoisotopic (exact) mass is 308 g/mol. The predicted molar refractivity (Wildman–Crippen MR) is 64.9 cm³/mol. The van der Waals surface area contributed by atoms with E-state index in [-0.39, 0.29) is 21.0 Å². The largest absolute Gasteiger partial charge is 0.340 e. The molecule has 2 aromatic heterocycles. The van der Waals surface area contributed by atoms with E-state index in [1.165, 1.54) is 0 Å². The van der Waals surface area contributed by atoms with Gasteiger partial charge in [-0.15, -0.1) is 0 Å². The topological polar surface area (TPSA) is 98.0 Å². The van der Waals surface area contributed by atoms with Crippen LogP contribution in [-0.4, -0.2) is 23.5 Å². The van der Waals surface area contributed by atoms with Gasteiger partial charge in [-0.1, -0.05) is 28.1 Å². The Balaban J connectivity index is 2.15. The third-order valence-corrected chi connectivity index (χ3v) is 5.23. The van der Waals surface area contributed by atoms with Crippen LogP contribution in [0, 0.1) is 13.8 Å². The van der Waals surface area contributed by atoms with Crippen molar-refractivity contribution in [2.24, 2.45) is 0 Å². The van der Waals surface area contributed by atoms with Gasteiger partial charge in [-0.3, -0.25) is 0 Å². The Bertz CT molecular complexity index is 664. The van der Waals surface area contributed by atoms with Crippen LogP contribution in [0.4, 0.5) is 0 Å². The molecule has 0 aliphatic carbocycles. The highest BCUT2D eigenvalue weighted by Gasteiger charge is 2.21. The van der Waals surface area contributed by atoms with Gasteiger partial charge in [0.2, 0.25) is 5.89 Å². The van der Waals surface area contributed by atoms with Gasteiger partial charge in [0.15, 0.2) is 14.5 Å². The molecular weight excluding hydrogens is 300 g/mol. The van der Waals surface area contributed by atoms with Gasteiger partial charge in [0.25, 0.3) is 10.0 Å². The lowest BCUT2D eigenvalue weighted by Gasteiger charge is -2.01. The molecule has 0 saturated carbocycles. The molecule has 2 aromatic rings. The lowest BCUT2D eigenvalue weighted by atomic mass is 10.6. The van der Waals surface area contributed by atoms with Gasteiger partial charge < -0.3 is 4.52 Å². The van der Waals surface area contributed by atoms with Crippen LogP contribution in [0.15, 0.2) is 8.73 Å². The van der Waals surface area contributed by atoms with Crippen molar-refractivity contribution >= 4 is 33.0 Å². The number of hydrogen-bond donors (Lipinski definition) is 1. The van der Waals surface area contributed by atoms with E-state index >= 15 is 0 Å². The van der Waals surface area contributed by atoms with Crippen molar-refractivity contribution in [2.75, 3.05) is 0 Å². The quantitative estimate of drug-likeness (QED) is 0.913. The van der Waals surface area contributed by atoms with E-state index in [4.69, 9.17) is 16.1 Å². The van der Waals surface area contributed by atoms with Crippen molar-refractivity contribution in [1.82, 2.24) is 19.8 Å². The molecule has 0 radical (unpaired) electrons. The molecule has 0 aliphatic heterocycles. The van der Waals surface area contributed by atoms with E-state index in [1.807, 2.05) is 0 Å². The zero-order chi connectivity index (χ0) is 13.3. The average Bonchev–Trinajstić information content (AvgIpc) is 2.82. The van der Waals surface area contributed by atoms with Crippen molar-refractivity contribution in [3.8, 4) is 0 Å². The van der Waals surface area contributed by atoms with Crippen LogP contribution >= 0.6 is 22.9 Å². The van der Waals surface area contributed by atoms with Crippen molar-refractivity contribution in [1.29, 1.82) is 0 Å². The third kappa shape index (κ3) is 2.86. The molecule has 0 unspecified atom stereocenters. The fraction of sp³-hybridized carbons (Fsp3) is 0.375. The van der Waals surface area contributed by atoms with Gasteiger partial charge in [-0.25, -0.2) is 18.1 Å². The highest BCUT2D eigenvalue weighted by molar-refractivity contribution is 7.91. The van der Waals surface area contributed by atoms with Gasteiger partial charge in [-0.2, -0.15) is 4.98 Å². The fourth-order valence-corrected chi connectivity index (χ4v) is 4.00. The first-order chi connectivity index (χ1) is 8.38. The van der Waals surface area contributed by atoms with E-state index < -0.39 is 10.0 Å². The van der Waals surface area contributed by atoms with Gasteiger partial charge >= 0.3 is 0 Å². The van der Waals surface area contributed by atoms with Crippen LogP contribution in [0.25, 0.3) is 0 Å². The molecule has 0 aliphatic rings. The number of nitrogens with zero attached hydrogens (tertiary/aromatic N) is 3. The van der Waals surface area contributed by atoms with Gasteiger partial charge in [0, 0.05) is 6.92 Å². The number of nitrogens with one attached hydrogen (secondary N) is 1. The van der Waals surface area contributed by atoms with E-state index in [0.717, 1.165) is 11.3 Å². The normalized spacial score (nSPS) is 11.9. The van der Waals surface area contributed by atoms with Crippen LogP contribution in [-0.2, 0) is 16.6 Å². The molecule has 1 N–H and O–H groups in total. The molecule has 0 bridgehead atoms. The molecule has 10 heteroatoms. The number of aromatic nitrogens is 3. The zero-order valence-corrected chi connectivity index (χ0v) is 11.9. The highest BCUT2D eigenvalue weighted by Crippen LogP contribution is 2.26. The molecule has 18 heavy (non-hydrogen) atoms. The Morgan fingerprint density at radius 2 is 2.11 bits per heavy atom. The first kappa shape index (κ1) is 13.4. The Morgan fingerprint density at radius 1 is 1.39 bits per heavy atom. The number of sulfonamides is 1. The van der Waals surface area contributed by atoms with Crippen molar-refractivity contribution in [3.63, 3.8) is 0 Å². The molecule has 0 amide bonds. The maximum atomic E-state index is 12.0. The number of thiazole rings is 1. The lowest BCUT2D eigenvalue weighted by Crippen LogP contribution is -2.23. The van der Waals surface area contributed by atoms with Crippen molar-refractivity contribution < 1.29 is 12.9 Å². The maximum Gasteiger partial charge on any atom is 0.252 e. The van der Waals surface area contributed by atoms with E-state index in [1.54, 1.807) is 13.8 Å². The first-order valence-corrected chi connectivity index (χ1v) is 7.48. The Morgan fingerprint density at radius 3 is 2.61 bits per heavy atom. The highest BCUT2D eigenvalue weighted by atomic mass is 35.5. The van der Waals surface area contributed by atoms with Crippen molar-refractivity contribution in [3.05, 3.63) is 21.9 Å². The minimum atomic E-state index is -3.66. The summed E-state index contributed by atoms with van der Waals surface area (Å²) >= 11 is 6.57. The summed E-state index contributed by atoms with van der Waals surface area (Å²) in [5.74, 6) is 0.644. The standard InChI is InChI=1S/C8H9ClN4O3S2/c1-4-7(17-8(9)11-4)18(14,15)10-3-6-12-5(2)16-13-6/h10H,3H2,1-2H3. The molecular formula is C8H9ClN4O3S2. The van der Waals surface area contributed by atoms with Crippen LogP contribution in [0.1, 0.15) is 17.4 Å². The summed E-state index contributed by atoms with van der Waals surface area (Å²) in [6.45, 7) is 3.15. The number of rotatable bonds is 4. The molecule has 0 saturated heterocycles. The van der Waals surface area contributed by atoms with E-state index in [9.17, 15) is 8.42 Å². The summed E-state index contributed by atoms with van der Waals surface area (Å²) < 4.78 is 31.3. The first-order valence-electron chi connectivity index (χ1n) is 4.80. The molecule has 0 atom stereocenters. The molecule has 98 valence electrons. The van der Waals surface area contributed by atoms with Gasteiger partial charge in [-0.05, 0) is 6.92 Å². The summed E-state index contributed by atoms with van der Waals surface area (Å²) in [7, 11) is -3.66. The molecule has 2 heterocycles. The molecule has 0 fully saturated rings. The minimum Gasteiger partial charge on any atom is -0.340 e. The third-order valence-electron chi connectivity index (χ3n) is 1.96. The number of hydrogen-bond acceptors (Lipinski definition) is 7. The minimum absolute atomic E-state index is 0.0470. The predicted octanol–water partition coefficient (Wildman–Crippen LogP) is 1.27. The molecule has 0 aromatic carbocycles. The summed E-state index contributed by atoms with van der Waals surface area (Å²) in [6.07, 6.45) is 0. The number of aryl methyl sites for hydroxylation is 2. The summed E-state index contributed by atoms with van der Waals surface area (Å²) in [5, 5.41) is 3.59. The second-order valence-corrected chi connectivity index (χ2v) is 6.94. The Hall–Kier alpha value is -1.03. The maximum absolute atomic E-state index is 12.0. The van der Waals surface area contributed by atoms with E-state index in [0.29, 0.717) is 11.6 Å². The van der Waals surface area contributed by atoms with Crippen molar-refractivity contribution in [2.45, 2.75) is 24.6 Å². The Kier molecular flexibility index (Phi) is 3.66. The number of halogens is 1. The lowest BCUT2D eigenvalue weighted by molar-refractivity contribution is 0.387. The van der Waals surface area contributed by atoms with Gasteiger partial charge in [0.05, 0.1) is 12.2 Å². The van der Waals surface area contributed by atoms with Crippen LogP contribution < -0.4 is 4.72 Å². The van der Waals surface area contributed by atoms with Crippen LogP contribution in [0.5, 0.6) is 0 Å². The van der Waals surface area contributed by atoms with E-state index in [2.05, 4.69) is 19.8 Å². The SMILES string of the molecule is Cc1nc(CNS(=O)(=O)c2sc(Cl)nc2C)no1. The summed E-state index contributed by atoms with van der Waals surface area (Å²) in [6, 6.07) is 0. The Labute approximate surface area is 112 Å². The second kappa shape index (κ2) is 4.92. The molecule has 7 nitrogen and oxygen atoms in total. The molecule has 0 spiro atoms. The van der Waals surface area contributed by atoms with Crippen LogP contribution in [0.2, 0.25) is 4.47 Å². The summed E-state index contributed by atoms with van der Waals surface area (Å²) in [5.41, 5.74) is 0.363. The zero-order valence-electron chi connectivity index (χ0n) is 9.47. The molecule has 2 rings (SSSR count). The van der Waals surface area contributed by atoms with Crippen LogP contribution in [0.3, 0.4) is 0 Å².